The number of hydrogen-bond acceptors (Lipinski definition) is 4. The molecule has 0 bridgehead atoms. The van der Waals surface area contributed by atoms with Gasteiger partial charge in [0.1, 0.15) is 11.9 Å². The van der Waals surface area contributed by atoms with Crippen molar-refractivity contribution < 1.29 is 18.9 Å². The molecule has 0 saturated heterocycles. The second kappa shape index (κ2) is 5.69. The highest BCUT2D eigenvalue weighted by Crippen LogP contribution is 2.42. The molecule has 1 fully saturated rings. The Morgan fingerprint density at radius 2 is 1.56 bits per heavy atom. The molecule has 100 valence electrons. The minimum absolute atomic E-state index is 0.261. The molecule has 0 heterocycles. The highest BCUT2D eigenvalue weighted by Gasteiger charge is 2.29. The molecule has 1 saturated carbocycles. The Balaban J connectivity index is 2.20. The second-order valence-corrected chi connectivity index (χ2v) is 5.46. The summed E-state index contributed by atoms with van der Waals surface area (Å²) < 4.78 is 21.7. The Morgan fingerprint density at radius 3 is 1.94 bits per heavy atom. The Hall–Kier alpha value is -1.10. The van der Waals surface area contributed by atoms with E-state index in [1.54, 1.807) is 21.3 Å². The van der Waals surface area contributed by atoms with Crippen LogP contribution in [0.1, 0.15) is 12.8 Å². The number of hydrogen-bond donors (Lipinski definition) is 0. The number of ether oxygens (including phenoxy) is 4. The largest absolute Gasteiger partial charge is 0.493 e. The molecule has 0 aromatic heterocycles. The summed E-state index contributed by atoms with van der Waals surface area (Å²) in [5.41, 5.74) is 0. The van der Waals surface area contributed by atoms with Crippen LogP contribution in [0, 0.1) is 0 Å². The molecule has 0 unspecified atom stereocenters. The van der Waals surface area contributed by atoms with Crippen molar-refractivity contribution in [1.29, 1.82) is 0 Å². The Kier molecular flexibility index (Phi) is 4.22. The third-order valence-electron chi connectivity index (χ3n) is 2.98. The maximum atomic E-state index is 5.86. The van der Waals surface area contributed by atoms with Gasteiger partial charge in [-0.2, -0.15) is 0 Å². The van der Waals surface area contributed by atoms with Gasteiger partial charge in [-0.05, 0) is 12.8 Å². The molecule has 1 aliphatic rings. The normalized spacial score (nSPS) is 22.0. The van der Waals surface area contributed by atoms with Crippen molar-refractivity contribution in [3.8, 4) is 23.0 Å². The molecule has 1 aromatic carbocycles. The highest BCUT2D eigenvalue weighted by atomic mass is 79.9. The number of alkyl halides is 1. The van der Waals surface area contributed by atoms with Gasteiger partial charge in [0.15, 0.2) is 11.5 Å². The van der Waals surface area contributed by atoms with Crippen molar-refractivity contribution in [3.05, 3.63) is 12.1 Å². The summed E-state index contributed by atoms with van der Waals surface area (Å²) in [6.45, 7) is 0. The van der Waals surface area contributed by atoms with Crippen LogP contribution in [0.15, 0.2) is 12.1 Å². The van der Waals surface area contributed by atoms with Gasteiger partial charge in [0.25, 0.3) is 0 Å². The van der Waals surface area contributed by atoms with Gasteiger partial charge in [-0.25, -0.2) is 0 Å². The van der Waals surface area contributed by atoms with Crippen molar-refractivity contribution in [2.24, 2.45) is 0 Å². The Bertz CT molecular complexity index is 390. The van der Waals surface area contributed by atoms with E-state index in [4.69, 9.17) is 18.9 Å². The predicted molar refractivity (Wildman–Crippen MR) is 72.5 cm³/mol. The molecule has 0 radical (unpaired) electrons. The van der Waals surface area contributed by atoms with E-state index in [1.807, 2.05) is 12.1 Å². The van der Waals surface area contributed by atoms with Crippen LogP contribution in [0.5, 0.6) is 23.0 Å². The van der Waals surface area contributed by atoms with Crippen LogP contribution >= 0.6 is 15.9 Å². The number of benzene rings is 1. The van der Waals surface area contributed by atoms with Gasteiger partial charge < -0.3 is 18.9 Å². The topological polar surface area (TPSA) is 36.9 Å². The van der Waals surface area contributed by atoms with E-state index in [2.05, 4.69) is 15.9 Å². The number of methoxy groups -OCH3 is 3. The SMILES string of the molecule is COc1cc(OC2CC(Br)C2)cc(OC)c1OC. The van der Waals surface area contributed by atoms with Gasteiger partial charge in [-0.1, -0.05) is 15.9 Å². The van der Waals surface area contributed by atoms with E-state index < -0.39 is 0 Å². The monoisotopic (exact) mass is 316 g/mol. The summed E-state index contributed by atoms with van der Waals surface area (Å²) >= 11 is 3.54. The molecule has 0 spiro atoms. The summed E-state index contributed by atoms with van der Waals surface area (Å²) in [5.74, 6) is 2.55. The molecular weight excluding hydrogens is 300 g/mol. The Labute approximate surface area is 115 Å². The molecule has 1 aromatic rings. The summed E-state index contributed by atoms with van der Waals surface area (Å²) in [5, 5.41) is 0. The van der Waals surface area contributed by atoms with Gasteiger partial charge in [0, 0.05) is 17.0 Å². The van der Waals surface area contributed by atoms with E-state index in [0.717, 1.165) is 18.6 Å². The van der Waals surface area contributed by atoms with Crippen molar-refractivity contribution in [1.82, 2.24) is 0 Å². The fraction of sp³-hybridized carbons (Fsp3) is 0.538. The summed E-state index contributed by atoms with van der Waals surface area (Å²) in [6.07, 6.45) is 2.31. The quantitative estimate of drug-likeness (QED) is 0.782. The zero-order valence-corrected chi connectivity index (χ0v) is 12.3. The standard InChI is InChI=1S/C13H17BrO4/c1-15-11-6-10(18-9-4-8(14)5-9)7-12(16-2)13(11)17-3/h6-9H,4-5H2,1-3H3. The molecule has 1 aliphatic carbocycles. The first-order chi connectivity index (χ1) is 8.67. The Morgan fingerprint density at radius 1 is 1.00 bits per heavy atom. The minimum Gasteiger partial charge on any atom is -0.493 e. The van der Waals surface area contributed by atoms with Crippen LogP contribution in [0.25, 0.3) is 0 Å². The van der Waals surface area contributed by atoms with Crippen LogP contribution in [0.4, 0.5) is 0 Å². The number of halogens is 1. The molecule has 18 heavy (non-hydrogen) atoms. The molecule has 2 rings (SSSR count). The van der Waals surface area contributed by atoms with Crippen molar-refractivity contribution in [2.45, 2.75) is 23.8 Å². The third kappa shape index (κ3) is 2.66. The maximum Gasteiger partial charge on any atom is 0.203 e. The first-order valence-electron chi connectivity index (χ1n) is 5.78. The summed E-state index contributed by atoms with van der Waals surface area (Å²) in [6, 6.07) is 3.64. The van der Waals surface area contributed by atoms with Crippen LogP contribution < -0.4 is 18.9 Å². The van der Waals surface area contributed by atoms with Gasteiger partial charge in [0.05, 0.1) is 21.3 Å². The maximum absolute atomic E-state index is 5.86. The smallest absolute Gasteiger partial charge is 0.203 e. The van der Waals surface area contributed by atoms with E-state index in [9.17, 15) is 0 Å². The summed E-state index contributed by atoms with van der Waals surface area (Å²) in [7, 11) is 4.78. The third-order valence-corrected chi connectivity index (χ3v) is 3.73. The zero-order chi connectivity index (χ0) is 13.1. The van der Waals surface area contributed by atoms with E-state index in [-0.39, 0.29) is 6.10 Å². The van der Waals surface area contributed by atoms with Gasteiger partial charge in [-0.3, -0.25) is 0 Å². The van der Waals surface area contributed by atoms with Crippen molar-refractivity contribution in [3.63, 3.8) is 0 Å². The minimum atomic E-state index is 0.261. The molecule has 0 N–H and O–H groups in total. The first-order valence-corrected chi connectivity index (χ1v) is 6.70. The molecular formula is C13H17BrO4. The van der Waals surface area contributed by atoms with Crippen LogP contribution in [-0.4, -0.2) is 32.3 Å². The molecule has 0 atom stereocenters. The predicted octanol–water partition coefficient (Wildman–Crippen LogP) is 3.02. The van der Waals surface area contributed by atoms with Crippen LogP contribution in [-0.2, 0) is 0 Å². The van der Waals surface area contributed by atoms with Gasteiger partial charge >= 0.3 is 0 Å². The first kappa shape index (κ1) is 13.3. The van der Waals surface area contributed by atoms with E-state index >= 15 is 0 Å². The lowest BCUT2D eigenvalue weighted by Crippen LogP contribution is -2.33. The van der Waals surface area contributed by atoms with Gasteiger partial charge in [-0.15, -0.1) is 0 Å². The molecule has 4 nitrogen and oxygen atoms in total. The van der Waals surface area contributed by atoms with Crippen molar-refractivity contribution >= 4 is 15.9 Å². The fourth-order valence-corrected chi connectivity index (χ4v) is 2.75. The summed E-state index contributed by atoms with van der Waals surface area (Å²) in [4.78, 5) is 0.574. The van der Waals surface area contributed by atoms with Crippen LogP contribution in [0.3, 0.4) is 0 Å². The van der Waals surface area contributed by atoms with Crippen LogP contribution in [0.2, 0.25) is 0 Å². The average Bonchev–Trinajstić information content (AvgIpc) is 2.35. The molecule has 0 amide bonds. The van der Waals surface area contributed by atoms with Crippen molar-refractivity contribution in [2.75, 3.05) is 21.3 Å². The number of rotatable bonds is 5. The second-order valence-electron chi connectivity index (χ2n) is 4.17. The average molecular weight is 317 g/mol. The molecule has 0 aliphatic heterocycles. The lowest BCUT2D eigenvalue weighted by molar-refractivity contribution is 0.127. The lowest BCUT2D eigenvalue weighted by atomic mass is 9.96. The lowest BCUT2D eigenvalue weighted by Gasteiger charge is -2.31. The molecule has 5 heteroatoms. The van der Waals surface area contributed by atoms with Gasteiger partial charge in [0.2, 0.25) is 5.75 Å². The fourth-order valence-electron chi connectivity index (χ4n) is 1.92. The zero-order valence-electron chi connectivity index (χ0n) is 10.7. The highest BCUT2D eigenvalue weighted by molar-refractivity contribution is 9.09. The van der Waals surface area contributed by atoms with E-state index in [0.29, 0.717) is 22.1 Å². The van der Waals surface area contributed by atoms with E-state index in [1.165, 1.54) is 0 Å².